The highest BCUT2D eigenvalue weighted by atomic mass is 32.2. The molecule has 0 bridgehead atoms. The summed E-state index contributed by atoms with van der Waals surface area (Å²) in [5, 5.41) is 3.33. The maximum absolute atomic E-state index is 12.5. The van der Waals surface area contributed by atoms with Crippen molar-refractivity contribution >= 4 is 52.6 Å². The van der Waals surface area contributed by atoms with Crippen LogP contribution in [-0.2, 0) is 9.53 Å². The van der Waals surface area contributed by atoms with Crippen LogP contribution in [0.1, 0.15) is 30.6 Å². The van der Waals surface area contributed by atoms with Crippen molar-refractivity contribution < 1.29 is 14.3 Å². The Kier molecular flexibility index (Phi) is 7.73. The third kappa shape index (κ3) is 5.72. The predicted octanol–water partition coefficient (Wildman–Crippen LogP) is 3.95. The molecule has 0 aliphatic rings. The number of rotatable bonds is 8. The molecule has 1 N–H and O–H groups in total. The van der Waals surface area contributed by atoms with Crippen molar-refractivity contribution in [1.82, 2.24) is 9.36 Å². The highest BCUT2D eigenvalue weighted by Gasteiger charge is 2.20. The summed E-state index contributed by atoms with van der Waals surface area (Å²) < 4.78 is 9.92. The molecule has 0 aliphatic carbocycles. The molecule has 9 heteroatoms. The molecule has 0 saturated carbocycles. The van der Waals surface area contributed by atoms with Crippen LogP contribution in [0.5, 0.6) is 0 Å². The second-order valence-corrected chi connectivity index (χ2v) is 7.82. The fraction of sp³-hybridized carbons (Fsp3) is 0.375. The number of benzene rings is 1. The summed E-state index contributed by atoms with van der Waals surface area (Å²) in [6.07, 6.45) is 2.59. The molecule has 1 aromatic carbocycles. The average molecular weight is 398 g/mol. The minimum atomic E-state index is -0.372. The van der Waals surface area contributed by atoms with E-state index in [1.54, 1.807) is 31.2 Å². The van der Waals surface area contributed by atoms with E-state index < -0.39 is 0 Å². The van der Waals surface area contributed by atoms with Crippen LogP contribution in [0.3, 0.4) is 0 Å². The molecule has 2 rings (SSSR count). The van der Waals surface area contributed by atoms with E-state index >= 15 is 0 Å². The Hall–Kier alpha value is -1.58. The van der Waals surface area contributed by atoms with Crippen LogP contribution in [0.25, 0.3) is 0 Å². The van der Waals surface area contributed by atoms with Gasteiger partial charge in [-0.05, 0) is 55.4 Å². The van der Waals surface area contributed by atoms with E-state index in [0.717, 1.165) is 9.50 Å². The third-order valence-corrected chi connectivity index (χ3v) is 5.95. The van der Waals surface area contributed by atoms with Gasteiger partial charge < -0.3 is 10.1 Å². The smallest absolute Gasteiger partial charge is 0.338 e. The normalized spacial score (nSPS) is 11.8. The van der Waals surface area contributed by atoms with Crippen LogP contribution < -0.4 is 5.32 Å². The Morgan fingerprint density at radius 2 is 2.00 bits per heavy atom. The first-order valence-corrected chi connectivity index (χ1v) is 10.6. The van der Waals surface area contributed by atoms with Crippen LogP contribution in [-0.4, -0.2) is 39.3 Å². The maximum Gasteiger partial charge on any atom is 0.338 e. The number of thioether (sulfide) groups is 2. The number of hydrogen-bond donors (Lipinski definition) is 1. The molecule has 134 valence electrons. The molecule has 1 unspecified atom stereocenters. The Bertz CT molecular complexity index is 719. The molecule has 0 fully saturated rings. The van der Waals surface area contributed by atoms with E-state index in [1.807, 2.05) is 13.2 Å². The van der Waals surface area contributed by atoms with Gasteiger partial charge in [-0.25, -0.2) is 9.78 Å². The number of anilines is 1. The van der Waals surface area contributed by atoms with Gasteiger partial charge in [-0.1, -0.05) is 30.4 Å². The summed E-state index contributed by atoms with van der Waals surface area (Å²) in [4.78, 5) is 28.5. The number of nitrogens with zero attached hydrogens (tertiary/aromatic N) is 2. The van der Waals surface area contributed by atoms with Gasteiger partial charge in [0.2, 0.25) is 11.1 Å². The number of ether oxygens (including phenoxy) is 1. The molecule has 1 aromatic heterocycles. The van der Waals surface area contributed by atoms with Gasteiger partial charge in [0.25, 0.3) is 0 Å². The molecule has 0 radical (unpaired) electrons. The minimum absolute atomic E-state index is 0.0997. The summed E-state index contributed by atoms with van der Waals surface area (Å²) >= 11 is 4.19. The standard InChI is InChI=1S/C16H19N3O3S3/c1-4-12(24-16-18-15(23-3)19-25-16)13(20)17-11-8-6-10(7-9-11)14(21)22-5-2/h6-9,12H,4-5H2,1-3H3,(H,17,20). The van der Waals surface area contributed by atoms with E-state index in [1.165, 1.54) is 35.1 Å². The molecule has 2 aromatic rings. The van der Waals surface area contributed by atoms with Crippen LogP contribution in [0.15, 0.2) is 33.8 Å². The Morgan fingerprint density at radius 3 is 2.56 bits per heavy atom. The molecule has 1 amide bonds. The van der Waals surface area contributed by atoms with E-state index in [4.69, 9.17) is 4.74 Å². The number of esters is 1. The summed E-state index contributed by atoms with van der Waals surface area (Å²) in [7, 11) is 0. The zero-order valence-electron chi connectivity index (χ0n) is 14.1. The summed E-state index contributed by atoms with van der Waals surface area (Å²) in [5.41, 5.74) is 1.10. The van der Waals surface area contributed by atoms with Gasteiger partial charge in [0.15, 0.2) is 4.34 Å². The quantitative estimate of drug-likeness (QED) is 0.533. The number of carbonyl (C=O) groups is 2. The molecule has 6 nitrogen and oxygen atoms in total. The lowest BCUT2D eigenvalue weighted by Crippen LogP contribution is -2.24. The molecule has 25 heavy (non-hydrogen) atoms. The molecular weight excluding hydrogens is 378 g/mol. The minimum Gasteiger partial charge on any atom is -0.462 e. The summed E-state index contributed by atoms with van der Waals surface area (Å²) in [6.45, 7) is 4.05. The lowest BCUT2D eigenvalue weighted by Gasteiger charge is -2.13. The topological polar surface area (TPSA) is 81.2 Å². The van der Waals surface area contributed by atoms with Crippen molar-refractivity contribution in [3.63, 3.8) is 0 Å². The second kappa shape index (κ2) is 9.79. The zero-order chi connectivity index (χ0) is 18.2. The number of nitrogens with one attached hydrogen (secondary N) is 1. The first-order valence-electron chi connectivity index (χ1n) is 7.69. The lowest BCUT2D eigenvalue weighted by molar-refractivity contribution is -0.115. The second-order valence-electron chi connectivity index (χ2n) is 4.85. The number of amides is 1. The highest BCUT2D eigenvalue weighted by molar-refractivity contribution is 8.02. The Morgan fingerprint density at radius 1 is 1.28 bits per heavy atom. The molecule has 0 spiro atoms. The van der Waals surface area contributed by atoms with Gasteiger partial charge in [-0.2, -0.15) is 4.37 Å². The van der Waals surface area contributed by atoms with Crippen LogP contribution in [0, 0.1) is 0 Å². The monoisotopic (exact) mass is 397 g/mol. The van der Waals surface area contributed by atoms with Crippen molar-refractivity contribution in [1.29, 1.82) is 0 Å². The number of carbonyl (C=O) groups excluding carboxylic acids is 2. The van der Waals surface area contributed by atoms with Crippen molar-refractivity contribution in [2.45, 2.75) is 35.0 Å². The van der Waals surface area contributed by atoms with Crippen LogP contribution >= 0.6 is 35.1 Å². The average Bonchev–Trinajstić information content (AvgIpc) is 3.08. The van der Waals surface area contributed by atoms with Gasteiger partial charge in [0.1, 0.15) is 0 Å². The molecule has 0 aliphatic heterocycles. The summed E-state index contributed by atoms with van der Waals surface area (Å²) in [6, 6.07) is 6.66. The molecular formula is C16H19N3O3S3. The van der Waals surface area contributed by atoms with E-state index in [2.05, 4.69) is 14.7 Å². The first kappa shape index (κ1) is 19.7. The van der Waals surface area contributed by atoms with Crippen LogP contribution in [0.2, 0.25) is 0 Å². The van der Waals surface area contributed by atoms with E-state index in [-0.39, 0.29) is 17.1 Å². The van der Waals surface area contributed by atoms with Crippen molar-refractivity contribution in [2.24, 2.45) is 0 Å². The van der Waals surface area contributed by atoms with Gasteiger partial charge in [0.05, 0.1) is 17.4 Å². The van der Waals surface area contributed by atoms with Crippen molar-refractivity contribution in [2.75, 3.05) is 18.2 Å². The first-order chi connectivity index (χ1) is 12.1. The number of aromatic nitrogens is 2. The van der Waals surface area contributed by atoms with E-state index in [9.17, 15) is 9.59 Å². The zero-order valence-corrected chi connectivity index (χ0v) is 16.6. The van der Waals surface area contributed by atoms with E-state index in [0.29, 0.717) is 24.3 Å². The largest absolute Gasteiger partial charge is 0.462 e. The predicted molar refractivity (Wildman–Crippen MR) is 103 cm³/mol. The van der Waals surface area contributed by atoms with Gasteiger partial charge in [-0.3, -0.25) is 4.79 Å². The fourth-order valence-corrected chi connectivity index (χ4v) is 4.28. The van der Waals surface area contributed by atoms with Gasteiger partial charge in [-0.15, -0.1) is 0 Å². The molecule has 1 heterocycles. The molecule has 1 atom stereocenters. The highest BCUT2D eigenvalue weighted by Crippen LogP contribution is 2.29. The Labute approximate surface area is 159 Å². The molecule has 0 saturated heterocycles. The third-order valence-electron chi connectivity index (χ3n) is 3.14. The van der Waals surface area contributed by atoms with Crippen molar-refractivity contribution in [3.8, 4) is 0 Å². The Balaban J connectivity index is 1.97. The summed E-state index contributed by atoms with van der Waals surface area (Å²) in [5.74, 6) is -0.472. The number of hydrogen-bond acceptors (Lipinski definition) is 8. The maximum atomic E-state index is 12.5. The fourth-order valence-electron chi connectivity index (χ4n) is 1.90. The SMILES string of the molecule is CCOC(=O)c1ccc(NC(=O)C(CC)Sc2nc(SC)ns2)cc1. The lowest BCUT2D eigenvalue weighted by atomic mass is 10.2. The van der Waals surface area contributed by atoms with Gasteiger partial charge in [0, 0.05) is 5.69 Å². The van der Waals surface area contributed by atoms with Crippen molar-refractivity contribution in [3.05, 3.63) is 29.8 Å². The van der Waals surface area contributed by atoms with Gasteiger partial charge >= 0.3 is 5.97 Å². The van der Waals surface area contributed by atoms with Crippen LogP contribution in [0.4, 0.5) is 5.69 Å².